The molecule has 1 aliphatic heterocycles. The number of carboxylic acid groups (broad SMARTS) is 1. The van der Waals surface area contributed by atoms with Gasteiger partial charge in [-0.3, -0.25) is 9.78 Å². The molecular weight excluding hydrogens is 304 g/mol. The number of ether oxygens (including phenoxy) is 1. The van der Waals surface area contributed by atoms with E-state index in [-0.39, 0.29) is 19.1 Å². The van der Waals surface area contributed by atoms with E-state index in [0.717, 1.165) is 0 Å². The molecule has 2 heterocycles. The Hall–Kier alpha value is -1.47. The summed E-state index contributed by atoms with van der Waals surface area (Å²) in [6.07, 6.45) is 2.08. The fourth-order valence-electron chi connectivity index (χ4n) is 1.69. The Kier molecular flexibility index (Phi) is 3.93. The van der Waals surface area contributed by atoms with Gasteiger partial charge in [0.25, 0.3) is 5.91 Å². The smallest absolute Gasteiger partial charge is 0.334 e. The number of pyridine rings is 1. The highest BCUT2D eigenvalue weighted by Crippen LogP contribution is 2.14. The van der Waals surface area contributed by atoms with Crippen molar-refractivity contribution in [1.82, 2.24) is 9.88 Å². The molecule has 0 aliphatic carbocycles. The second kappa shape index (κ2) is 5.45. The maximum Gasteiger partial charge on any atom is 0.334 e. The summed E-state index contributed by atoms with van der Waals surface area (Å²) in [7, 11) is 0. The summed E-state index contributed by atoms with van der Waals surface area (Å²) >= 11 is 3.24. The van der Waals surface area contributed by atoms with E-state index in [1.807, 2.05) is 0 Å². The molecule has 1 aliphatic rings. The highest BCUT2D eigenvalue weighted by Gasteiger charge is 2.29. The molecule has 0 bridgehead atoms. The number of morpholine rings is 1. The first-order chi connectivity index (χ1) is 8.58. The zero-order valence-corrected chi connectivity index (χ0v) is 11.0. The van der Waals surface area contributed by atoms with Crippen LogP contribution in [0.3, 0.4) is 0 Å². The van der Waals surface area contributed by atoms with Crippen LogP contribution in [0, 0.1) is 0 Å². The van der Waals surface area contributed by atoms with Crippen molar-refractivity contribution in [3.05, 3.63) is 28.5 Å². The first kappa shape index (κ1) is 13.0. The number of hydrogen-bond donors (Lipinski definition) is 1. The maximum atomic E-state index is 12.1. The molecule has 0 unspecified atom stereocenters. The first-order valence-corrected chi connectivity index (χ1v) is 6.11. The number of amides is 1. The summed E-state index contributed by atoms with van der Waals surface area (Å²) in [5, 5.41) is 8.87. The Morgan fingerprint density at radius 1 is 1.50 bits per heavy atom. The van der Waals surface area contributed by atoms with Crippen molar-refractivity contribution in [2.75, 3.05) is 19.7 Å². The summed E-state index contributed by atoms with van der Waals surface area (Å²) in [6, 6.07) is 1.65. The number of carbonyl (C=O) groups excluding carboxylic acids is 1. The fourth-order valence-corrected chi connectivity index (χ4v) is 2.06. The van der Waals surface area contributed by atoms with Crippen molar-refractivity contribution < 1.29 is 19.4 Å². The van der Waals surface area contributed by atoms with Crippen LogP contribution in [0.2, 0.25) is 0 Å². The van der Waals surface area contributed by atoms with Crippen molar-refractivity contribution in [3.63, 3.8) is 0 Å². The molecule has 1 amide bonds. The van der Waals surface area contributed by atoms with Gasteiger partial charge in [0.05, 0.1) is 18.7 Å². The summed E-state index contributed by atoms with van der Waals surface area (Å²) in [6.45, 7) is 0.667. The van der Waals surface area contributed by atoms with Crippen LogP contribution < -0.4 is 0 Å². The topological polar surface area (TPSA) is 79.7 Å². The summed E-state index contributed by atoms with van der Waals surface area (Å²) in [5.41, 5.74) is 0.426. The fraction of sp³-hybridized carbons (Fsp3) is 0.364. The molecule has 1 saturated heterocycles. The van der Waals surface area contributed by atoms with Gasteiger partial charge in [-0.2, -0.15) is 0 Å². The van der Waals surface area contributed by atoms with Crippen LogP contribution in [0.4, 0.5) is 0 Å². The third-order valence-corrected chi connectivity index (χ3v) is 3.01. The predicted octanol–water partition coefficient (Wildman–Crippen LogP) is 0.770. The van der Waals surface area contributed by atoms with Crippen molar-refractivity contribution in [2.45, 2.75) is 6.10 Å². The van der Waals surface area contributed by atoms with Gasteiger partial charge in [0.15, 0.2) is 6.10 Å². The van der Waals surface area contributed by atoms with Gasteiger partial charge in [-0.05, 0) is 22.0 Å². The van der Waals surface area contributed by atoms with Gasteiger partial charge in [0.2, 0.25) is 0 Å². The van der Waals surface area contributed by atoms with Crippen LogP contribution in [0.15, 0.2) is 22.9 Å². The molecule has 0 saturated carbocycles. The normalized spacial score (nSPS) is 19.6. The van der Waals surface area contributed by atoms with Crippen LogP contribution in [-0.2, 0) is 9.53 Å². The highest BCUT2D eigenvalue weighted by atomic mass is 79.9. The number of hydrogen-bond acceptors (Lipinski definition) is 4. The van der Waals surface area contributed by atoms with E-state index in [1.165, 1.54) is 11.1 Å². The van der Waals surface area contributed by atoms with Gasteiger partial charge in [-0.15, -0.1) is 0 Å². The zero-order chi connectivity index (χ0) is 13.1. The monoisotopic (exact) mass is 314 g/mol. The molecule has 1 aromatic rings. The molecule has 1 N–H and O–H groups in total. The number of carboxylic acids is 1. The largest absolute Gasteiger partial charge is 0.479 e. The predicted molar refractivity (Wildman–Crippen MR) is 65.2 cm³/mol. The van der Waals surface area contributed by atoms with E-state index in [0.29, 0.717) is 16.6 Å². The van der Waals surface area contributed by atoms with Crippen LogP contribution in [-0.4, -0.2) is 52.7 Å². The Morgan fingerprint density at radius 2 is 2.28 bits per heavy atom. The number of halogens is 1. The minimum absolute atomic E-state index is 0.0562. The minimum atomic E-state index is -1.06. The van der Waals surface area contributed by atoms with Crippen LogP contribution in [0.1, 0.15) is 10.4 Å². The van der Waals surface area contributed by atoms with Gasteiger partial charge < -0.3 is 14.7 Å². The summed E-state index contributed by atoms with van der Waals surface area (Å²) in [4.78, 5) is 28.3. The molecular formula is C11H11BrN2O4. The number of carbonyl (C=O) groups is 2. The lowest BCUT2D eigenvalue weighted by Gasteiger charge is -2.30. The maximum absolute atomic E-state index is 12.1. The third-order valence-electron chi connectivity index (χ3n) is 2.58. The van der Waals surface area contributed by atoms with Crippen molar-refractivity contribution in [2.24, 2.45) is 0 Å². The van der Waals surface area contributed by atoms with Crippen LogP contribution in [0.5, 0.6) is 0 Å². The molecule has 7 heteroatoms. The van der Waals surface area contributed by atoms with Gasteiger partial charge in [-0.25, -0.2) is 4.79 Å². The van der Waals surface area contributed by atoms with Gasteiger partial charge in [-0.1, -0.05) is 0 Å². The Morgan fingerprint density at radius 3 is 2.94 bits per heavy atom. The molecule has 96 valence electrons. The average molecular weight is 315 g/mol. The van der Waals surface area contributed by atoms with E-state index < -0.39 is 12.1 Å². The van der Waals surface area contributed by atoms with Crippen molar-refractivity contribution in [1.29, 1.82) is 0 Å². The second-order valence-corrected chi connectivity index (χ2v) is 4.76. The standard InChI is InChI=1S/C11H11BrN2O4/c12-8-3-7(4-13-5-8)10(15)14-1-2-18-9(6-14)11(16)17/h3-5,9H,1-2,6H2,(H,16,17)/t9-/m1/s1. The van der Waals surface area contributed by atoms with Crippen molar-refractivity contribution >= 4 is 27.8 Å². The third kappa shape index (κ3) is 2.85. The average Bonchev–Trinajstić information content (AvgIpc) is 2.38. The van der Waals surface area contributed by atoms with Gasteiger partial charge in [0, 0.05) is 23.4 Å². The lowest BCUT2D eigenvalue weighted by atomic mass is 10.2. The number of aliphatic carboxylic acids is 1. The molecule has 0 aromatic carbocycles. The van der Waals surface area contributed by atoms with Crippen LogP contribution >= 0.6 is 15.9 Å². The minimum Gasteiger partial charge on any atom is -0.479 e. The lowest BCUT2D eigenvalue weighted by molar-refractivity contribution is -0.154. The van der Waals surface area contributed by atoms with Crippen LogP contribution in [0.25, 0.3) is 0 Å². The Bertz CT molecular complexity index is 480. The van der Waals surface area contributed by atoms with E-state index in [4.69, 9.17) is 9.84 Å². The molecule has 6 nitrogen and oxygen atoms in total. The second-order valence-electron chi connectivity index (χ2n) is 3.84. The number of nitrogens with zero attached hydrogens (tertiary/aromatic N) is 2. The molecule has 0 spiro atoms. The number of rotatable bonds is 2. The highest BCUT2D eigenvalue weighted by molar-refractivity contribution is 9.10. The molecule has 1 atom stereocenters. The van der Waals surface area contributed by atoms with E-state index >= 15 is 0 Å². The first-order valence-electron chi connectivity index (χ1n) is 5.32. The Balaban J connectivity index is 2.11. The molecule has 2 rings (SSSR count). The van der Waals surface area contributed by atoms with E-state index in [9.17, 15) is 9.59 Å². The van der Waals surface area contributed by atoms with Gasteiger partial charge in [0.1, 0.15) is 0 Å². The molecule has 18 heavy (non-hydrogen) atoms. The SMILES string of the molecule is O=C(O)[C@H]1CN(C(=O)c2cncc(Br)c2)CCO1. The van der Waals surface area contributed by atoms with E-state index in [2.05, 4.69) is 20.9 Å². The van der Waals surface area contributed by atoms with E-state index in [1.54, 1.807) is 12.3 Å². The molecule has 1 aromatic heterocycles. The lowest BCUT2D eigenvalue weighted by Crippen LogP contribution is -2.48. The zero-order valence-electron chi connectivity index (χ0n) is 9.38. The van der Waals surface area contributed by atoms with Gasteiger partial charge >= 0.3 is 5.97 Å². The summed E-state index contributed by atoms with van der Waals surface area (Å²) < 4.78 is 5.77. The quantitative estimate of drug-likeness (QED) is 0.872. The Labute approximate surface area is 112 Å². The van der Waals surface area contributed by atoms with Crippen molar-refractivity contribution in [3.8, 4) is 0 Å². The number of aromatic nitrogens is 1. The molecule has 1 fully saturated rings. The molecule has 0 radical (unpaired) electrons. The summed E-state index contributed by atoms with van der Waals surface area (Å²) in [5.74, 6) is -1.29.